The Morgan fingerprint density at radius 2 is 0.889 bits per heavy atom. The van der Waals surface area contributed by atoms with Crippen molar-refractivity contribution in [2.24, 2.45) is 0 Å². The zero-order chi connectivity index (χ0) is 12.3. The smallest absolute Gasteiger partial charge is 0.0569 e. The summed E-state index contributed by atoms with van der Waals surface area (Å²) in [7, 11) is 0.593. The van der Waals surface area contributed by atoms with Gasteiger partial charge in [-0.15, -0.1) is 0 Å². The fraction of sp³-hybridized carbons (Fsp3) is 0.250. The molecule has 0 N–H and O–H groups in total. The highest BCUT2D eigenvalue weighted by atomic mass is 32.2. The molecular formula is C16H16S2+2. The molecule has 0 fully saturated rings. The molecule has 0 amide bonds. The number of hydrogen-bond acceptors (Lipinski definition) is 0. The van der Waals surface area contributed by atoms with E-state index in [1.807, 2.05) is 0 Å². The average Bonchev–Trinajstić information content (AvgIpc) is 2.42. The third-order valence-corrected chi connectivity index (χ3v) is 10.1. The van der Waals surface area contributed by atoms with Crippen LogP contribution in [0.25, 0.3) is 0 Å². The first-order chi connectivity index (χ1) is 8.79. The summed E-state index contributed by atoms with van der Waals surface area (Å²) in [6, 6.07) is 18.3. The van der Waals surface area contributed by atoms with Crippen LogP contribution in [0.1, 0.15) is 13.8 Å². The lowest BCUT2D eigenvalue weighted by atomic mass is 10.3. The molecule has 3 aliphatic heterocycles. The summed E-state index contributed by atoms with van der Waals surface area (Å²) in [5.74, 6) is 0. The molecule has 0 unspecified atom stereocenters. The number of benzene rings is 2. The molecule has 18 heavy (non-hydrogen) atoms. The second-order valence-electron chi connectivity index (χ2n) is 4.98. The monoisotopic (exact) mass is 272 g/mol. The van der Waals surface area contributed by atoms with Gasteiger partial charge < -0.3 is 0 Å². The Morgan fingerprint density at radius 3 is 1.17 bits per heavy atom. The fourth-order valence-corrected chi connectivity index (χ4v) is 9.67. The topological polar surface area (TPSA) is 0 Å². The molecule has 0 saturated heterocycles. The van der Waals surface area contributed by atoms with Gasteiger partial charge in [-0.1, -0.05) is 24.3 Å². The van der Waals surface area contributed by atoms with Crippen LogP contribution in [0.3, 0.4) is 0 Å². The van der Waals surface area contributed by atoms with E-state index in [9.17, 15) is 0 Å². The summed E-state index contributed by atoms with van der Waals surface area (Å²) < 4.78 is 0. The highest BCUT2D eigenvalue weighted by molar-refractivity contribution is 8.06. The Balaban J connectivity index is 2.06. The highest BCUT2D eigenvalue weighted by Crippen LogP contribution is 2.52. The van der Waals surface area contributed by atoms with Crippen LogP contribution in [-0.4, -0.2) is 10.5 Å². The van der Waals surface area contributed by atoms with Crippen LogP contribution >= 0.6 is 0 Å². The lowest BCUT2D eigenvalue weighted by molar-refractivity contribution is 0.851. The molecule has 0 aromatic heterocycles. The zero-order valence-electron chi connectivity index (χ0n) is 10.6. The standard InChI is InChI=1S/C16H16S2/c1-11-12(2)18-15-9-5-3-7-13(15)17(11)14-8-4-6-10-16(14)18/h3-12H,1-2H3/q+2/t11-,12-,17?,18?/m1/s1. The molecule has 2 bridgehead atoms. The van der Waals surface area contributed by atoms with E-state index in [1.165, 1.54) is 0 Å². The van der Waals surface area contributed by atoms with Crippen molar-refractivity contribution in [3.63, 3.8) is 0 Å². The van der Waals surface area contributed by atoms with Gasteiger partial charge in [0.05, 0.1) is 21.8 Å². The minimum Gasteiger partial charge on any atom is -0.0569 e. The van der Waals surface area contributed by atoms with Gasteiger partial charge in [0.25, 0.3) is 0 Å². The molecule has 2 atom stereocenters. The average molecular weight is 272 g/mol. The number of hydrogen-bond donors (Lipinski definition) is 0. The molecule has 5 rings (SSSR count). The maximum atomic E-state index is 2.44. The van der Waals surface area contributed by atoms with Crippen molar-refractivity contribution in [2.45, 2.75) is 43.9 Å². The van der Waals surface area contributed by atoms with Gasteiger partial charge in [0.1, 0.15) is 0 Å². The second kappa shape index (κ2) is 3.82. The van der Waals surface area contributed by atoms with E-state index in [0.29, 0.717) is 21.8 Å². The predicted octanol–water partition coefficient (Wildman–Crippen LogP) is 3.86. The molecule has 90 valence electrons. The first kappa shape index (κ1) is 11.0. The van der Waals surface area contributed by atoms with Gasteiger partial charge in [-0.25, -0.2) is 0 Å². The van der Waals surface area contributed by atoms with Crippen LogP contribution in [0, 0.1) is 0 Å². The Morgan fingerprint density at radius 1 is 0.611 bits per heavy atom. The Labute approximate surface area is 114 Å². The molecule has 0 aliphatic carbocycles. The third kappa shape index (κ3) is 1.25. The third-order valence-electron chi connectivity index (χ3n) is 4.05. The van der Waals surface area contributed by atoms with Crippen LogP contribution < -0.4 is 0 Å². The largest absolute Gasteiger partial charge is 0.216 e. The molecule has 2 heteroatoms. The van der Waals surface area contributed by atoms with Crippen molar-refractivity contribution in [1.29, 1.82) is 0 Å². The van der Waals surface area contributed by atoms with E-state index < -0.39 is 0 Å². The second-order valence-corrected chi connectivity index (χ2v) is 9.58. The zero-order valence-corrected chi connectivity index (χ0v) is 12.2. The van der Waals surface area contributed by atoms with Gasteiger partial charge in [-0.05, 0) is 38.1 Å². The van der Waals surface area contributed by atoms with Crippen LogP contribution in [0.2, 0.25) is 0 Å². The molecule has 2 aromatic carbocycles. The molecule has 0 nitrogen and oxygen atoms in total. The van der Waals surface area contributed by atoms with Crippen molar-refractivity contribution in [1.82, 2.24) is 0 Å². The van der Waals surface area contributed by atoms with Crippen molar-refractivity contribution >= 4 is 21.8 Å². The normalized spacial score (nSPS) is 31.9. The Bertz CT molecular complexity index is 518. The van der Waals surface area contributed by atoms with E-state index in [1.54, 1.807) is 19.6 Å². The minimum atomic E-state index is 0.297. The Hall–Kier alpha value is -0.860. The van der Waals surface area contributed by atoms with Gasteiger partial charge in [0, 0.05) is 0 Å². The molecular weight excluding hydrogens is 256 g/mol. The molecule has 3 aliphatic rings. The highest BCUT2D eigenvalue weighted by Gasteiger charge is 2.61. The summed E-state index contributed by atoms with van der Waals surface area (Å²) >= 11 is 0. The summed E-state index contributed by atoms with van der Waals surface area (Å²) in [4.78, 5) is 6.46. The minimum absolute atomic E-state index is 0.297. The fourth-order valence-electron chi connectivity index (χ4n) is 3.05. The number of fused-ring (bicyclic) bond motifs is 1. The van der Waals surface area contributed by atoms with Gasteiger partial charge in [0.2, 0.25) is 19.6 Å². The van der Waals surface area contributed by atoms with E-state index >= 15 is 0 Å². The van der Waals surface area contributed by atoms with Crippen molar-refractivity contribution < 1.29 is 0 Å². The number of rotatable bonds is 0. The molecule has 0 saturated carbocycles. The maximum absolute atomic E-state index is 2.44. The summed E-state index contributed by atoms with van der Waals surface area (Å²) in [6.45, 7) is 4.89. The van der Waals surface area contributed by atoms with Crippen LogP contribution in [0.5, 0.6) is 0 Å². The van der Waals surface area contributed by atoms with Gasteiger partial charge >= 0.3 is 0 Å². The summed E-state index contributed by atoms with van der Waals surface area (Å²) in [5, 5.41) is 1.58. The first-order valence-corrected chi connectivity index (χ1v) is 9.01. The van der Waals surface area contributed by atoms with Crippen LogP contribution in [0.4, 0.5) is 0 Å². The summed E-state index contributed by atoms with van der Waals surface area (Å²) in [6.07, 6.45) is 0. The van der Waals surface area contributed by atoms with Crippen molar-refractivity contribution in [3.05, 3.63) is 48.5 Å². The van der Waals surface area contributed by atoms with Gasteiger partial charge in [-0.3, -0.25) is 0 Å². The lowest BCUT2D eigenvalue weighted by Gasteiger charge is -2.32. The van der Waals surface area contributed by atoms with E-state index in [-0.39, 0.29) is 0 Å². The van der Waals surface area contributed by atoms with Crippen LogP contribution in [-0.2, 0) is 21.8 Å². The lowest BCUT2D eigenvalue weighted by Crippen LogP contribution is -2.46. The quantitative estimate of drug-likeness (QED) is 0.639. The SMILES string of the molecule is C[C@@H]1[C@@H](C)[S+]2c3ccccc3[S+]1c1ccccc12. The van der Waals surface area contributed by atoms with Gasteiger partial charge in [0.15, 0.2) is 10.5 Å². The molecule has 0 radical (unpaired) electrons. The van der Waals surface area contributed by atoms with Crippen molar-refractivity contribution in [2.75, 3.05) is 0 Å². The van der Waals surface area contributed by atoms with E-state index in [4.69, 9.17) is 0 Å². The van der Waals surface area contributed by atoms with Crippen molar-refractivity contribution in [3.8, 4) is 0 Å². The predicted molar refractivity (Wildman–Crippen MR) is 79.6 cm³/mol. The molecule has 3 heterocycles. The molecule has 0 spiro atoms. The maximum Gasteiger partial charge on any atom is 0.216 e. The van der Waals surface area contributed by atoms with E-state index in [2.05, 4.69) is 62.4 Å². The van der Waals surface area contributed by atoms with Gasteiger partial charge in [-0.2, -0.15) is 0 Å². The van der Waals surface area contributed by atoms with E-state index in [0.717, 1.165) is 10.5 Å². The first-order valence-electron chi connectivity index (χ1n) is 6.43. The summed E-state index contributed by atoms with van der Waals surface area (Å²) in [5.41, 5.74) is 0. The molecule has 2 aromatic rings. The Kier molecular flexibility index (Phi) is 2.33. The van der Waals surface area contributed by atoms with Crippen LogP contribution in [0.15, 0.2) is 68.1 Å².